The lowest BCUT2D eigenvalue weighted by Crippen LogP contribution is -2.63. The van der Waals surface area contributed by atoms with Crippen LogP contribution in [-0.4, -0.2) is 13.7 Å². The van der Waals surface area contributed by atoms with Gasteiger partial charge in [-0.1, -0.05) is 348 Å². The second-order valence-corrected chi connectivity index (χ2v) is 44.2. The Bertz CT molecular complexity index is 8490. The average molecular weight is 1710 g/mol. The minimum absolute atomic E-state index is 0.0204. The summed E-state index contributed by atoms with van der Waals surface area (Å²) in [4.78, 5) is 11.2. The van der Waals surface area contributed by atoms with Crippen molar-refractivity contribution >= 4 is 145 Å². The van der Waals surface area contributed by atoms with Crippen LogP contribution in [-0.2, 0) is 37.9 Å². The third-order valence-electron chi connectivity index (χ3n) is 34.8. The van der Waals surface area contributed by atoms with Crippen molar-refractivity contribution in [3.63, 3.8) is 0 Å². The van der Waals surface area contributed by atoms with E-state index in [0.717, 1.165) is 19.3 Å². The molecule has 7 heterocycles. The molecular weight excluding hydrogens is 1610 g/mol. The summed E-state index contributed by atoms with van der Waals surface area (Å²) in [7, 11) is 0. The van der Waals surface area contributed by atoms with Gasteiger partial charge in [-0.3, -0.25) is 0 Å². The Morgan fingerprint density at radius 1 is 0.273 bits per heavy atom. The number of para-hydroxylation sites is 4. The van der Waals surface area contributed by atoms with Crippen LogP contribution in [0.4, 0.5) is 56.9 Å². The van der Waals surface area contributed by atoms with Gasteiger partial charge < -0.3 is 19.4 Å². The maximum absolute atomic E-state index is 2.89. The predicted molar refractivity (Wildman–Crippen MR) is 556 cm³/mol. The van der Waals surface area contributed by atoms with Gasteiger partial charge >= 0.3 is 13.7 Å². The monoisotopic (exact) mass is 1700 g/mol. The summed E-state index contributed by atoms with van der Waals surface area (Å²) in [6.07, 6.45) is 3.24. The van der Waals surface area contributed by atoms with Crippen molar-refractivity contribution in [1.29, 1.82) is 0 Å². The summed E-state index contributed by atoms with van der Waals surface area (Å²) in [5.41, 5.74) is 49.7. The number of benzene rings is 18. The lowest BCUT2D eigenvalue weighted by atomic mass is 9.42. The molecule has 0 fully saturated rings. The van der Waals surface area contributed by atoms with Gasteiger partial charge in [-0.15, -0.1) is 11.3 Å². The van der Waals surface area contributed by atoms with E-state index in [2.05, 4.69) is 434 Å². The Balaban J connectivity index is 0.641. The van der Waals surface area contributed by atoms with Gasteiger partial charge in [-0.25, -0.2) is 0 Å². The molecule has 1 aromatic heterocycles. The minimum atomic E-state index is -0.603. The highest BCUT2D eigenvalue weighted by molar-refractivity contribution is 7.26. The molecule has 132 heavy (non-hydrogen) atoms. The van der Waals surface area contributed by atoms with Crippen LogP contribution in [0, 0.1) is 0 Å². The van der Waals surface area contributed by atoms with E-state index in [1.54, 1.807) is 0 Å². The van der Waals surface area contributed by atoms with Gasteiger partial charge in [-0.2, -0.15) is 0 Å². The van der Waals surface area contributed by atoms with Crippen LogP contribution < -0.4 is 41.3 Å². The number of thiophene rings is 1. The van der Waals surface area contributed by atoms with Gasteiger partial charge in [0, 0.05) is 87.8 Å². The van der Waals surface area contributed by atoms with E-state index >= 15 is 0 Å². The Hall–Kier alpha value is -14.0. The molecule has 5 aliphatic carbocycles. The first-order valence-electron chi connectivity index (χ1n) is 48.0. The molecule has 2 spiro atoms. The molecule has 18 aromatic carbocycles. The van der Waals surface area contributed by atoms with Crippen molar-refractivity contribution in [2.45, 2.75) is 132 Å². The van der Waals surface area contributed by atoms with E-state index in [-0.39, 0.29) is 46.7 Å². The summed E-state index contributed by atoms with van der Waals surface area (Å²) in [6.45, 7) is 24.8. The zero-order valence-corrected chi connectivity index (χ0v) is 76.8. The quantitative estimate of drug-likeness (QED) is 0.163. The van der Waals surface area contributed by atoms with E-state index in [1.165, 1.54) is 260 Å². The third kappa shape index (κ3) is 8.91. The second-order valence-electron chi connectivity index (χ2n) is 43.1. The predicted octanol–water partition coefficient (Wildman–Crippen LogP) is 29.5. The van der Waals surface area contributed by atoms with Crippen molar-refractivity contribution in [3.05, 3.63) is 429 Å². The summed E-state index contributed by atoms with van der Waals surface area (Å²) >= 11 is 1.94. The number of fused-ring (bicyclic) bond motifs is 39. The van der Waals surface area contributed by atoms with E-state index in [4.69, 9.17) is 0 Å². The van der Waals surface area contributed by atoms with Gasteiger partial charge in [-0.05, 0) is 279 Å². The van der Waals surface area contributed by atoms with Crippen molar-refractivity contribution in [2.24, 2.45) is 0 Å². The van der Waals surface area contributed by atoms with Crippen LogP contribution >= 0.6 is 11.3 Å². The van der Waals surface area contributed by atoms with E-state index in [1.807, 2.05) is 11.3 Å². The van der Waals surface area contributed by atoms with Crippen molar-refractivity contribution in [1.82, 2.24) is 0 Å². The zero-order valence-electron chi connectivity index (χ0n) is 76.0. The van der Waals surface area contributed by atoms with E-state index < -0.39 is 10.8 Å². The van der Waals surface area contributed by atoms with E-state index in [0.29, 0.717) is 0 Å². The van der Waals surface area contributed by atoms with Crippen molar-refractivity contribution in [3.8, 4) is 55.6 Å². The average Bonchev–Trinajstić information content (AvgIpc) is 1.31. The van der Waals surface area contributed by atoms with Crippen LogP contribution in [0.1, 0.15) is 178 Å². The van der Waals surface area contributed by atoms with Crippen LogP contribution in [0.2, 0.25) is 0 Å². The van der Waals surface area contributed by atoms with Crippen LogP contribution in [0.15, 0.2) is 346 Å². The number of anilines is 10. The van der Waals surface area contributed by atoms with Gasteiger partial charge in [0.1, 0.15) is 0 Å². The van der Waals surface area contributed by atoms with Gasteiger partial charge in [0.05, 0.1) is 22.2 Å². The largest absolute Gasteiger partial charge is 0.376 e. The lowest BCUT2D eigenvalue weighted by molar-refractivity contribution is 0.283. The molecule has 1 unspecified atom stereocenters. The normalized spacial score (nSPS) is 18.2. The maximum Gasteiger partial charge on any atom is 0.333 e. The molecule has 19 aromatic rings. The number of hydrogen-bond acceptors (Lipinski definition) is 5. The number of rotatable bonds is 3. The van der Waals surface area contributed by atoms with Crippen molar-refractivity contribution < 1.29 is 0 Å². The minimum Gasteiger partial charge on any atom is -0.376 e. The topological polar surface area (TPSA) is 13.0 Å². The number of hydrogen-bond donors (Lipinski definition) is 0. The maximum atomic E-state index is 2.89. The van der Waals surface area contributed by atoms with Gasteiger partial charge in [0.25, 0.3) is 0 Å². The molecule has 11 aliphatic rings. The summed E-state index contributed by atoms with van der Waals surface area (Å²) in [5.74, 6) is 0.139. The highest BCUT2D eigenvalue weighted by Crippen LogP contribution is 2.70. The van der Waals surface area contributed by atoms with Crippen molar-refractivity contribution in [2.75, 3.05) is 19.4 Å². The fourth-order valence-corrected chi connectivity index (χ4v) is 30.1. The van der Waals surface area contributed by atoms with E-state index in [9.17, 15) is 0 Å². The number of nitrogens with zero attached hydrogens (tertiary/aromatic N) is 4. The first-order valence-corrected chi connectivity index (χ1v) is 48.8. The SMILES string of the molecule is CC1(C)CCC(C)(C)c2cc(N3B4c5cccc6c5N(c5ccccc5C65c6ccccc6-c6ccccc65)c5cc6cc(C7CC(C)(C)c8cc(N9B%10c%11cccc%12c%11N(c%11ccccc%11C%12%11c%12ccccc%12-c%12ccccc%12%11)c%11cc%12ccccc%12c(c%11%10)-c%10ccc%11c(c%109)-c9ccccc9C%11(C)C)ccc8C7(C)C)ccc6c(c54)-c4cc5c(cc43)sc3ccccc35)ccc21. The molecular formula is C125H94B2N4S. The molecule has 626 valence electrons. The van der Waals surface area contributed by atoms with Crippen LogP contribution in [0.25, 0.3) is 97.4 Å². The Morgan fingerprint density at radius 3 is 1.36 bits per heavy atom. The first-order chi connectivity index (χ1) is 64.2. The van der Waals surface area contributed by atoms with Crippen LogP contribution in [0.5, 0.6) is 0 Å². The summed E-state index contributed by atoms with van der Waals surface area (Å²) < 4.78 is 2.63. The fraction of sp³-hybridized carbons (Fsp3) is 0.168. The highest BCUT2D eigenvalue weighted by Gasteiger charge is 2.60. The molecule has 1 atom stereocenters. The Labute approximate surface area is 776 Å². The van der Waals surface area contributed by atoms with Gasteiger partial charge in [0.2, 0.25) is 0 Å². The summed E-state index contributed by atoms with van der Waals surface area (Å²) in [6, 6.07) is 138. The molecule has 0 saturated heterocycles. The van der Waals surface area contributed by atoms with Crippen LogP contribution in [0.3, 0.4) is 0 Å². The van der Waals surface area contributed by atoms with Gasteiger partial charge in [0.15, 0.2) is 0 Å². The molecule has 0 radical (unpaired) electrons. The first kappa shape index (κ1) is 74.8. The molecule has 30 rings (SSSR count). The molecule has 0 saturated carbocycles. The molecule has 4 nitrogen and oxygen atoms in total. The Kier molecular flexibility index (Phi) is 14.2. The Morgan fingerprint density at radius 2 is 0.742 bits per heavy atom. The molecule has 7 heteroatoms. The summed E-state index contributed by atoms with van der Waals surface area (Å²) in [5, 5.41) is 7.74. The third-order valence-corrected chi connectivity index (χ3v) is 36.0. The molecule has 0 bridgehead atoms. The second kappa shape index (κ2) is 25.0. The molecule has 0 amide bonds. The zero-order chi connectivity index (χ0) is 87.8. The lowest BCUT2D eigenvalue weighted by Gasteiger charge is -2.52. The molecule has 0 N–H and O–H groups in total. The smallest absolute Gasteiger partial charge is 0.333 e. The standard InChI is InChI=1S/C125H94B2N4S/c1-119(2)61-62-120(3,4)99-66-74(54-58-92(99)119)130-106-69-110-85(82-37-18-28-52-109(82)132-110)68-86(106)112-77-56-53-72(63-73(77)65-108-115(112)126(130)102-48-29-46-97-117(102)129(108)105-51-27-25-45-95(105)124(97)88-40-20-13-33-78(88)79-34-14-21-41-89(79)124)101-70-121(5,6)100-67-75(55-59-93(100)123(101,9)10)131-116-84(57-60-96-113(116)83-38-17-19-39-87(83)122(96,7)8)111-76-32-12-11-31-71(76)64-107-114(111)127(131)103-49-30-47-98-118(103)128(107)104-50-26-24-44-94(104)125(98)90-42-22-15-35-80(90)81-36-16-23-43-91(81)125/h11-60,63-69,101H,61-62,70H2,1-10H3. The fourth-order valence-electron chi connectivity index (χ4n) is 29.0. The molecule has 6 aliphatic heterocycles. The highest BCUT2D eigenvalue weighted by atomic mass is 32.1.